The molecule has 6 atom stereocenters. The summed E-state index contributed by atoms with van der Waals surface area (Å²) < 4.78 is 5.59. The largest absolute Gasteiger partial charge is 0.504 e. The summed E-state index contributed by atoms with van der Waals surface area (Å²) in [6, 6.07) is 4.81. The van der Waals surface area contributed by atoms with Crippen LogP contribution in [0.2, 0.25) is 0 Å². The van der Waals surface area contributed by atoms with Crippen molar-refractivity contribution in [2.75, 3.05) is 18.6 Å². The van der Waals surface area contributed by atoms with Crippen LogP contribution in [0.1, 0.15) is 56.9 Å². The molecular formula is C29H31BrCl2N2O8. The van der Waals surface area contributed by atoms with E-state index in [2.05, 4.69) is 15.9 Å². The zero-order valence-corrected chi connectivity index (χ0v) is 26.0. The molecule has 1 saturated carbocycles. The van der Waals surface area contributed by atoms with Crippen LogP contribution in [0.15, 0.2) is 29.8 Å². The molecule has 13 heteroatoms. The Morgan fingerprint density at radius 2 is 1.81 bits per heavy atom. The number of imide groups is 2. The molecule has 3 fully saturated rings. The number of para-hydroxylation sites is 1. The van der Waals surface area contributed by atoms with Crippen molar-refractivity contribution >= 4 is 68.7 Å². The molecule has 0 radical (unpaired) electrons. The van der Waals surface area contributed by atoms with Crippen molar-refractivity contribution in [2.24, 2.45) is 17.8 Å². The number of rotatable bonds is 10. The van der Waals surface area contributed by atoms with Gasteiger partial charge in [-0.3, -0.25) is 33.8 Å². The predicted octanol–water partition coefficient (Wildman–Crippen LogP) is 4.15. The summed E-state index contributed by atoms with van der Waals surface area (Å²) in [4.78, 5) is 63.8. The van der Waals surface area contributed by atoms with Crippen molar-refractivity contribution in [2.45, 2.75) is 61.1 Å². The summed E-state index contributed by atoms with van der Waals surface area (Å²) in [5.74, 6) is -6.40. The number of fused-ring (bicyclic) bond motifs is 4. The quantitative estimate of drug-likeness (QED) is 0.123. The van der Waals surface area contributed by atoms with E-state index < -0.39 is 51.2 Å². The Hall–Kier alpha value is -2.63. The van der Waals surface area contributed by atoms with E-state index in [0.717, 1.165) is 4.90 Å². The summed E-state index contributed by atoms with van der Waals surface area (Å²) in [5, 5.41) is 20.2. The molecule has 2 N–H and O–H groups in total. The minimum Gasteiger partial charge on any atom is -0.504 e. The first-order valence-electron chi connectivity index (χ1n) is 14.0. The molecule has 2 aliphatic carbocycles. The van der Waals surface area contributed by atoms with Gasteiger partial charge in [-0.25, -0.2) is 0 Å². The lowest BCUT2D eigenvalue weighted by Crippen LogP contribution is -2.60. The van der Waals surface area contributed by atoms with Crippen LogP contribution in [-0.4, -0.2) is 78.0 Å². The van der Waals surface area contributed by atoms with Gasteiger partial charge in [0.1, 0.15) is 0 Å². The number of likely N-dealkylation sites (tertiary alicyclic amines) is 2. The number of phenols is 1. The molecule has 4 amide bonds. The van der Waals surface area contributed by atoms with Crippen molar-refractivity contribution in [1.29, 1.82) is 0 Å². The number of carbonyl (C=O) groups is 5. The van der Waals surface area contributed by atoms with Gasteiger partial charge in [-0.2, -0.15) is 0 Å². The fraction of sp³-hybridized carbons (Fsp3) is 0.552. The normalized spacial score (nSPS) is 32.0. The number of benzene rings is 1. The molecule has 42 heavy (non-hydrogen) atoms. The second kappa shape index (κ2) is 11.5. The van der Waals surface area contributed by atoms with E-state index in [1.54, 1.807) is 31.2 Å². The Kier molecular flexibility index (Phi) is 8.41. The highest BCUT2D eigenvalue weighted by atomic mass is 79.9. The number of halogens is 3. The summed E-state index contributed by atoms with van der Waals surface area (Å²) in [5.41, 5.74) is 0.669. The van der Waals surface area contributed by atoms with Crippen molar-refractivity contribution in [3.05, 3.63) is 35.4 Å². The summed E-state index contributed by atoms with van der Waals surface area (Å²) in [6.45, 7) is 2.18. The number of carbonyl (C=O) groups excluding carboxylic acids is 4. The summed E-state index contributed by atoms with van der Waals surface area (Å²) in [7, 11) is 0. The van der Waals surface area contributed by atoms with E-state index in [-0.39, 0.29) is 66.7 Å². The first-order valence-corrected chi connectivity index (χ1v) is 15.8. The van der Waals surface area contributed by atoms with Gasteiger partial charge in [0, 0.05) is 24.4 Å². The number of alkyl halides is 3. The third kappa shape index (κ3) is 4.45. The third-order valence-electron chi connectivity index (χ3n) is 9.02. The topological polar surface area (TPSA) is 142 Å². The highest BCUT2D eigenvalue weighted by Gasteiger charge is 2.76. The highest BCUT2D eigenvalue weighted by Crippen LogP contribution is 2.66. The Labute approximate surface area is 261 Å². The minimum absolute atomic E-state index is 0.0113. The van der Waals surface area contributed by atoms with Crippen molar-refractivity contribution < 1.29 is 38.9 Å². The molecule has 226 valence electrons. The van der Waals surface area contributed by atoms with Crippen LogP contribution < -0.4 is 4.74 Å². The lowest BCUT2D eigenvalue weighted by atomic mass is 9.56. The predicted molar refractivity (Wildman–Crippen MR) is 155 cm³/mol. The molecular weight excluding hydrogens is 655 g/mol. The molecule has 10 nitrogen and oxygen atoms in total. The molecule has 0 spiro atoms. The molecule has 5 rings (SSSR count). The van der Waals surface area contributed by atoms with E-state index in [9.17, 15) is 29.1 Å². The van der Waals surface area contributed by atoms with Crippen LogP contribution in [-0.2, 0) is 24.0 Å². The standard InChI is InChI=1S/C29H31BrCl2N2O8/c1-2-42-19-8-6-7-17(23(19)37)22-15-10-11-16-21(25(39)33(24(16)38)12-5-3-4-9-20(35)36)18(15)13-28(31)26(40)34(14-30)27(41)29(22,28)32/h6-8,10,16,18,21-22,37H,2-5,9,11-14H2,1H3,(H,35,36). The van der Waals surface area contributed by atoms with E-state index in [4.69, 9.17) is 33.0 Å². The molecule has 0 aromatic heterocycles. The van der Waals surface area contributed by atoms with Gasteiger partial charge in [-0.1, -0.05) is 46.1 Å². The molecule has 6 unspecified atom stereocenters. The zero-order chi connectivity index (χ0) is 30.6. The molecule has 2 saturated heterocycles. The van der Waals surface area contributed by atoms with E-state index in [1.165, 1.54) is 4.90 Å². The number of amides is 4. The zero-order valence-electron chi connectivity index (χ0n) is 22.9. The van der Waals surface area contributed by atoms with Crippen LogP contribution in [0, 0.1) is 17.8 Å². The van der Waals surface area contributed by atoms with Crippen LogP contribution in [0.3, 0.4) is 0 Å². The molecule has 0 bridgehead atoms. The monoisotopic (exact) mass is 684 g/mol. The van der Waals surface area contributed by atoms with Gasteiger partial charge in [-0.05, 0) is 44.6 Å². The number of carboxylic acid groups (broad SMARTS) is 1. The number of aliphatic carboxylic acids is 1. The number of hydrogen-bond acceptors (Lipinski definition) is 7. The van der Waals surface area contributed by atoms with Crippen molar-refractivity contribution in [1.82, 2.24) is 9.80 Å². The smallest absolute Gasteiger partial charge is 0.303 e. The molecule has 4 aliphatic rings. The highest BCUT2D eigenvalue weighted by molar-refractivity contribution is 9.09. The fourth-order valence-corrected chi connectivity index (χ4v) is 8.57. The van der Waals surface area contributed by atoms with Gasteiger partial charge in [0.25, 0.3) is 11.8 Å². The number of aromatic hydroxyl groups is 1. The number of allylic oxidation sites excluding steroid dienone is 2. The maximum atomic E-state index is 13.9. The number of hydrogen-bond donors (Lipinski definition) is 2. The Morgan fingerprint density at radius 3 is 2.48 bits per heavy atom. The number of nitrogens with zero attached hydrogens (tertiary/aromatic N) is 2. The number of ether oxygens (including phenoxy) is 1. The maximum Gasteiger partial charge on any atom is 0.303 e. The SMILES string of the molecule is CCOc1cccc(C2C3=CCC4C(=O)N(CCCCCC(=O)O)C(=O)C4C3CC3(Cl)C(=O)N(CBr)C(=O)C23Cl)c1O. The van der Waals surface area contributed by atoms with E-state index in [0.29, 0.717) is 24.8 Å². The molecule has 2 aliphatic heterocycles. The van der Waals surface area contributed by atoms with Gasteiger partial charge in [-0.15, -0.1) is 23.2 Å². The van der Waals surface area contributed by atoms with Crippen molar-refractivity contribution in [3.63, 3.8) is 0 Å². The van der Waals surface area contributed by atoms with E-state index >= 15 is 0 Å². The minimum atomic E-state index is -2.02. The van der Waals surface area contributed by atoms with E-state index in [1.807, 2.05) is 0 Å². The first-order chi connectivity index (χ1) is 19.9. The van der Waals surface area contributed by atoms with Gasteiger partial charge in [0.15, 0.2) is 21.2 Å². The lowest BCUT2D eigenvalue weighted by molar-refractivity contribution is -0.141. The average molecular weight is 686 g/mol. The summed E-state index contributed by atoms with van der Waals surface area (Å²) >= 11 is 17.6. The van der Waals surface area contributed by atoms with Crippen LogP contribution in [0.5, 0.6) is 11.5 Å². The van der Waals surface area contributed by atoms with Gasteiger partial charge < -0.3 is 14.9 Å². The molecule has 1 aromatic rings. The van der Waals surface area contributed by atoms with Gasteiger partial charge >= 0.3 is 5.97 Å². The lowest BCUT2D eigenvalue weighted by Gasteiger charge is -2.50. The molecule has 1 aromatic carbocycles. The Bertz CT molecular complexity index is 1390. The Balaban J connectivity index is 1.57. The third-order valence-corrected chi connectivity index (χ3v) is 10.9. The fourth-order valence-electron chi connectivity index (χ4n) is 7.15. The average Bonchev–Trinajstić information content (AvgIpc) is 3.27. The number of phenolic OH excluding ortho intramolecular Hbond substituents is 1. The second-order valence-electron chi connectivity index (χ2n) is 11.1. The molecule has 2 heterocycles. The maximum absolute atomic E-state index is 13.9. The Morgan fingerprint density at radius 1 is 1.07 bits per heavy atom. The first kappa shape index (κ1) is 30.8. The van der Waals surface area contributed by atoms with Crippen molar-refractivity contribution in [3.8, 4) is 11.5 Å². The number of unbranched alkanes of at least 4 members (excludes halogenated alkanes) is 2. The summed E-state index contributed by atoms with van der Waals surface area (Å²) in [6.07, 6.45) is 3.33. The van der Waals surface area contributed by atoms with Gasteiger partial charge in [0.2, 0.25) is 11.8 Å². The van der Waals surface area contributed by atoms with Crippen LogP contribution in [0.25, 0.3) is 0 Å². The number of carboxylic acids is 1. The van der Waals surface area contributed by atoms with Crippen LogP contribution >= 0.6 is 39.1 Å². The second-order valence-corrected chi connectivity index (χ2v) is 12.9. The van der Waals surface area contributed by atoms with Gasteiger partial charge in [0.05, 0.1) is 23.9 Å². The van der Waals surface area contributed by atoms with Crippen LogP contribution in [0.4, 0.5) is 0 Å².